The zero-order valence-electron chi connectivity index (χ0n) is 7.43. The molecule has 0 aliphatic heterocycles. The van der Waals surface area contributed by atoms with E-state index in [1.165, 1.54) is 0 Å². The summed E-state index contributed by atoms with van der Waals surface area (Å²) in [6.45, 7) is 0. The molecule has 0 saturated carbocycles. The van der Waals surface area contributed by atoms with Gasteiger partial charge in [-0.1, -0.05) is 6.07 Å². The van der Waals surface area contributed by atoms with Gasteiger partial charge in [-0.25, -0.2) is 13.2 Å². The quantitative estimate of drug-likeness (QED) is 0.742. The third kappa shape index (κ3) is 1.30. The summed E-state index contributed by atoms with van der Waals surface area (Å²) in [7, 11) is 0. The van der Waals surface area contributed by atoms with Crippen LogP contribution in [0, 0.1) is 5.82 Å². The summed E-state index contributed by atoms with van der Waals surface area (Å²) in [6.07, 6.45) is -1.50. The van der Waals surface area contributed by atoms with Crippen molar-refractivity contribution in [1.82, 2.24) is 0 Å². The fourth-order valence-corrected chi connectivity index (χ4v) is 1.99. The number of nitrogens with two attached hydrogens (primary N) is 1. The molecular weight excluding hydrogens is 191 g/mol. The lowest BCUT2D eigenvalue weighted by atomic mass is 10.0. The second-order valence-corrected chi connectivity index (χ2v) is 3.48. The lowest BCUT2D eigenvalue weighted by Crippen LogP contribution is -2.10. The molecule has 14 heavy (non-hydrogen) atoms. The highest BCUT2D eigenvalue weighted by molar-refractivity contribution is 5.42. The van der Waals surface area contributed by atoms with Crippen molar-refractivity contribution in [3.63, 3.8) is 0 Å². The van der Waals surface area contributed by atoms with Crippen LogP contribution in [-0.2, 0) is 6.42 Å². The highest BCUT2D eigenvalue weighted by Crippen LogP contribution is 2.37. The molecule has 0 amide bonds. The van der Waals surface area contributed by atoms with Gasteiger partial charge in [-0.05, 0) is 30.0 Å². The number of hydrogen-bond acceptors (Lipinski definition) is 1. The molecule has 2 rings (SSSR count). The molecule has 1 atom stereocenters. The Morgan fingerprint density at radius 3 is 2.71 bits per heavy atom. The first kappa shape index (κ1) is 9.52. The maximum Gasteiger partial charge on any atom is 0.267 e. The topological polar surface area (TPSA) is 26.0 Å². The molecule has 0 heterocycles. The van der Waals surface area contributed by atoms with Crippen LogP contribution in [0.5, 0.6) is 0 Å². The van der Waals surface area contributed by atoms with Gasteiger partial charge in [-0.2, -0.15) is 0 Å². The van der Waals surface area contributed by atoms with Gasteiger partial charge in [0.25, 0.3) is 6.43 Å². The summed E-state index contributed by atoms with van der Waals surface area (Å²) >= 11 is 0. The van der Waals surface area contributed by atoms with E-state index < -0.39 is 23.8 Å². The Hall–Kier alpha value is -1.03. The predicted molar refractivity (Wildman–Crippen MR) is 46.6 cm³/mol. The van der Waals surface area contributed by atoms with Crippen molar-refractivity contribution < 1.29 is 13.2 Å². The van der Waals surface area contributed by atoms with E-state index in [4.69, 9.17) is 5.73 Å². The number of hydrogen-bond donors (Lipinski definition) is 1. The summed E-state index contributed by atoms with van der Waals surface area (Å²) < 4.78 is 38.3. The second kappa shape index (κ2) is 3.28. The first-order valence-electron chi connectivity index (χ1n) is 4.46. The van der Waals surface area contributed by atoms with Gasteiger partial charge in [0.1, 0.15) is 5.82 Å². The van der Waals surface area contributed by atoms with Gasteiger partial charge in [0.2, 0.25) is 0 Å². The number of rotatable bonds is 1. The SMILES string of the molecule is NC1CCc2ccc(F)c(C(F)F)c21. The van der Waals surface area contributed by atoms with E-state index in [1.54, 1.807) is 6.07 Å². The number of benzene rings is 1. The largest absolute Gasteiger partial charge is 0.324 e. The molecule has 1 aliphatic carbocycles. The molecule has 0 radical (unpaired) electrons. The minimum Gasteiger partial charge on any atom is -0.324 e. The van der Waals surface area contributed by atoms with Crippen LogP contribution < -0.4 is 5.73 Å². The number of aryl methyl sites for hydroxylation is 1. The van der Waals surface area contributed by atoms with Gasteiger partial charge in [0.15, 0.2) is 0 Å². The molecule has 1 nitrogen and oxygen atoms in total. The third-order valence-corrected chi connectivity index (χ3v) is 2.64. The molecule has 0 aromatic heterocycles. The number of fused-ring (bicyclic) bond motifs is 1. The second-order valence-electron chi connectivity index (χ2n) is 3.48. The van der Waals surface area contributed by atoms with E-state index in [0.29, 0.717) is 18.4 Å². The minimum atomic E-state index is -2.78. The lowest BCUT2D eigenvalue weighted by molar-refractivity contribution is 0.144. The summed E-state index contributed by atoms with van der Waals surface area (Å²) in [4.78, 5) is 0. The molecule has 2 N–H and O–H groups in total. The zero-order valence-corrected chi connectivity index (χ0v) is 7.43. The molecular formula is C10H10F3N. The smallest absolute Gasteiger partial charge is 0.267 e. The molecule has 0 bridgehead atoms. The first-order chi connectivity index (χ1) is 6.61. The van der Waals surface area contributed by atoms with E-state index >= 15 is 0 Å². The van der Waals surface area contributed by atoms with Crippen molar-refractivity contribution in [3.8, 4) is 0 Å². The van der Waals surface area contributed by atoms with Crippen molar-refractivity contribution in [1.29, 1.82) is 0 Å². The van der Waals surface area contributed by atoms with Gasteiger partial charge >= 0.3 is 0 Å². The minimum absolute atomic E-state index is 0.319. The zero-order chi connectivity index (χ0) is 10.3. The van der Waals surface area contributed by atoms with Crippen molar-refractivity contribution in [2.75, 3.05) is 0 Å². The van der Waals surface area contributed by atoms with Gasteiger partial charge < -0.3 is 5.73 Å². The molecule has 1 aliphatic rings. The summed E-state index contributed by atoms with van der Waals surface area (Å²) in [5.74, 6) is -0.851. The first-order valence-corrected chi connectivity index (χ1v) is 4.46. The summed E-state index contributed by atoms with van der Waals surface area (Å²) in [5.41, 5.74) is 6.22. The molecule has 1 unspecified atom stereocenters. The van der Waals surface area contributed by atoms with Crippen LogP contribution in [0.25, 0.3) is 0 Å². The molecule has 0 spiro atoms. The van der Waals surface area contributed by atoms with E-state index in [2.05, 4.69) is 0 Å². The van der Waals surface area contributed by atoms with Crippen LogP contribution in [0.4, 0.5) is 13.2 Å². The lowest BCUT2D eigenvalue weighted by Gasteiger charge is -2.12. The van der Waals surface area contributed by atoms with Crippen molar-refractivity contribution in [2.45, 2.75) is 25.3 Å². The van der Waals surface area contributed by atoms with Gasteiger partial charge in [-0.3, -0.25) is 0 Å². The van der Waals surface area contributed by atoms with E-state index in [9.17, 15) is 13.2 Å². The molecule has 1 aromatic rings. The van der Waals surface area contributed by atoms with Crippen LogP contribution in [-0.4, -0.2) is 0 Å². The van der Waals surface area contributed by atoms with E-state index in [-0.39, 0.29) is 0 Å². The predicted octanol–water partition coefficient (Wildman–Crippen LogP) is 2.71. The third-order valence-electron chi connectivity index (χ3n) is 2.64. The fourth-order valence-electron chi connectivity index (χ4n) is 1.99. The molecule has 76 valence electrons. The Balaban J connectivity index is 2.62. The summed E-state index contributed by atoms with van der Waals surface area (Å²) in [6, 6.07) is 2.20. The van der Waals surface area contributed by atoms with Crippen molar-refractivity contribution in [3.05, 3.63) is 34.6 Å². The Morgan fingerprint density at radius 2 is 2.07 bits per heavy atom. The highest BCUT2D eigenvalue weighted by Gasteiger charge is 2.28. The number of alkyl halides is 2. The van der Waals surface area contributed by atoms with E-state index in [1.807, 2.05) is 0 Å². The number of halogens is 3. The van der Waals surface area contributed by atoms with Crippen LogP contribution in [0.1, 0.15) is 35.6 Å². The Morgan fingerprint density at radius 1 is 1.36 bits per heavy atom. The Kier molecular flexibility index (Phi) is 2.23. The van der Waals surface area contributed by atoms with Crippen molar-refractivity contribution >= 4 is 0 Å². The summed E-state index contributed by atoms with van der Waals surface area (Å²) in [5, 5.41) is 0. The monoisotopic (exact) mass is 201 g/mol. The Bertz CT molecular complexity index is 363. The van der Waals surface area contributed by atoms with Crippen LogP contribution in [0.15, 0.2) is 12.1 Å². The average molecular weight is 201 g/mol. The van der Waals surface area contributed by atoms with Gasteiger partial charge in [-0.15, -0.1) is 0 Å². The average Bonchev–Trinajstić information content (AvgIpc) is 2.47. The van der Waals surface area contributed by atoms with Crippen LogP contribution >= 0.6 is 0 Å². The molecule has 0 fully saturated rings. The fraction of sp³-hybridized carbons (Fsp3) is 0.400. The standard InChI is InChI=1S/C10H10F3N/c11-6-3-1-5-2-4-7(14)8(5)9(6)10(12)13/h1,3,7,10H,2,4,14H2. The molecule has 1 aromatic carbocycles. The van der Waals surface area contributed by atoms with E-state index in [0.717, 1.165) is 11.6 Å². The highest BCUT2D eigenvalue weighted by atomic mass is 19.3. The van der Waals surface area contributed by atoms with Gasteiger partial charge in [0.05, 0.1) is 5.56 Å². The maximum absolute atomic E-state index is 13.1. The Labute approximate surface area is 79.7 Å². The normalized spacial score (nSPS) is 20.2. The molecule has 4 heteroatoms. The maximum atomic E-state index is 13.1. The van der Waals surface area contributed by atoms with Crippen LogP contribution in [0.2, 0.25) is 0 Å². The van der Waals surface area contributed by atoms with Crippen LogP contribution in [0.3, 0.4) is 0 Å². The molecule has 0 saturated heterocycles. The van der Waals surface area contributed by atoms with Crippen molar-refractivity contribution in [2.24, 2.45) is 5.73 Å². The van der Waals surface area contributed by atoms with Gasteiger partial charge in [0, 0.05) is 6.04 Å².